The Morgan fingerprint density at radius 1 is 0.795 bits per heavy atom. The maximum absolute atomic E-state index is 14.6. The topological polar surface area (TPSA) is 123 Å². The van der Waals surface area contributed by atoms with E-state index in [1.807, 2.05) is 0 Å². The van der Waals surface area contributed by atoms with E-state index in [-0.39, 0.29) is 30.9 Å². The van der Waals surface area contributed by atoms with E-state index < -0.39 is 60.8 Å². The number of hydrogen-bond donors (Lipinski definition) is 2. The molecule has 0 fully saturated rings. The molecule has 0 saturated heterocycles. The fourth-order valence-electron chi connectivity index (χ4n) is 3.59. The molecule has 0 aliphatic carbocycles. The summed E-state index contributed by atoms with van der Waals surface area (Å²) in [6.45, 7) is -0.504. The summed E-state index contributed by atoms with van der Waals surface area (Å²) in [5.74, 6) is -3.24. The van der Waals surface area contributed by atoms with Crippen LogP contribution >= 0.6 is 0 Å². The number of nitrogen functional groups attached to an aromatic ring is 2. The van der Waals surface area contributed by atoms with Crippen LogP contribution in [-0.2, 0) is 20.4 Å². The SMILES string of the molecule is Nc1cc(N)cc(C(=O)OCCCOC(=O)/C=C/c2ccc(OC(F)(F)c3ccc(OCCCC(F)(F)F)c(F)c3)cc2)c1. The molecule has 3 rings (SSSR count). The van der Waals surface area contributed by atoms with Crippen molar-refractivity contribution in [3.05, 3.63) is 89.2 Å². The third kappa shape index (κ3) is 11.1. The third-order valence-electron chi connectivity index (χ3n) is 5.65. The summed E-state index contributed by atoms with van der Waals surface area (Å²) in [6, 6.07) is 11.7. The van der Waals surface area contributed by atoms with E-state index >= 15 is 0 Å². The van der Waals surface area contributed by atoms with Crippen molar-refractivity contribution in [3.8, 4) is 11.5 Å². The van der Waals surface area contributed by atoms with Gasteiger partial charge in [0.2, 0.25) is 0 Å². The average Bonchev–Trinajstić information content (AvgIpc) is 2.94. The van der Waals surface area contributed by atoms with E-state index in [1.165, 1.54) is 48.5 Å². The van der Waals surface area contributed by atoms with Gasteiger partial charge in [-0.15, -0.1) is 0 Å². The number of esters is 2. The molecule has 0 radical (unpaired) electrons. The first-order chi connectivity index (χ1) is 20.7. The van der Waals surface area contributed by atoms with Gasteiger partial charge in [0.05, 0.1) is 30.9 Å². The molecule has 44 heavy (non-hydrogen) atoms. The average molecular weight is 627 g/mol. The van der Waals surface area contributed by atoms with Gasteiger partial charge in [-0.25, -0.2) is 14.0 Å². The van der Waals surface area contributed by atoms with Gasteiger partial charge in [0.1, 0.15) is 5.75 Å². The van der Waals surface area contributed by atoms with Crippen molar-refractivity contribution in [2.24, 2.45) is 0 Å². The summed E-state index contributed by atoms with van der Waals surface area (Å²) >= 11 is 0. The molecule has 0 bridgehead atoms. The first kappa shape index (κ1) is 33.6. The van der Waals surface area contributed by atoms with Gasteiger partial charge < -0.3 is 30.4 Å². The van der Waals surface area contributed by atoms with Gasteiger partial charge in [-0.3, -0.25) is 0 Å². The van der Waals surface area contributed by atoms with Crippen LogP contribution in [0.5, 0.6) is 11.5 Å². The number of alkyl halides is 5. The molecule has 8 nitrogen and oxygen atoms in total. The Morgan fingerprint density at radius 3 is 2.09 bits per heavy atom. The lowest BCUT2D eigenvalue weighted by molar-refractivity contribution is -0.185. The molecule has 0 saturated carbocycles. The Bertz CT molecular complexity index is 1440. The quantitative estimate of drug-likeness (QED) is 0.0671. The molecule has 4 N–H and O–H groups in total. The van der Waals surface area contributed by atoms with Crippen molar-refractivity contribution < 1.29 is 54.9 Å². The Kier molecular flexibility index (Phi) is 11.5. The molecule has 3 aromatic rings. The first-order valence-electron chi connectivity index (χ1n) is 13.1. The number of hydrogen-bond acceptors (Lipinski definition) is 8. The molecule has 0 heterocycles. The minimum absolute atomic E-state index is 0.0213. The number of anilines is 2. The second-order valence-electron chi connectivity index (χ2n) is 9.28. The van der Waals surface area contributed by atoms with Crippen LogP contribution in [0, 0.1) is 5.82 Å². The second-order valence-corrected chi connectivity index (χ2v) is 9.28. The highest BCUT2D eigenvalue weighted by Gasteiger charge is 2.35. The smallest absolute Gasteiger partial charge is 0.426 e. The molecular formula is C30H28F6N2O6. The van der Waals surface area contributed by atoms with Crippen LogP contribution < -0.4 is 20.9 Å². The Morgan fingerprint density at radius 2 is 1.45 bits per heavy atom. The van der Waals surface area contributed by atoms with Gasteiger partial charge in [-0.05, 0) is 66.6 Å². The van der Waals surface area contributed by atoms with Crippen molar-refractivity contribution in [2.75, 3.05) is 31.3 Å². The summed E-state index contributed by atoms with van der Waals surface area (Å²) in [4.78, 5) is 24.0. The minimum Gasteiger partial charge on any atom is -0.491 e. The second kappa shape index (κ2) is 15.0. The highest BCUT2D eigenvalue weighted by molar-refractivity contribution is 5.91. The van der Waals surface area contributed by atoms with Crippen LogP contribution in [0.15, 0.2) is 66.7 Å². The van der Waals surface area contributed by atoms with Crippen LogP contribution in [0.2, 0.25) is 0 Å². The molecule has 3 aromatic carbocycles. The van der Waals surface area contributed by atoms with Gasteiger partial charge in [0.25, 0.3) is 0 Å². The minimum atomic E-state index is -4.39. The Balaban J connectivity index is 1.42. The van der Waals surface area contributed by atoms with Crippen LogP contribution in [0.4, 0.5) is 37.7 Å². The molecule has 0 aliphatic rings. The molecule has 236 valence electrons. The van der Waals surface area contributed by atoms with Crippen molar-refractivity contribution in [2.45, 2.75) is 31.5 Å². The molecular weight excluding hydrogens is 598 g/mol. The van der Waals surface area contributed by atoms with Gasteiger partial charge in [-0.1, -0.05) is 12.1 Å². The zero-order valence-electron chi connectivity index (χ0n) is 23.0. The number of rotatable bonds is 14. The predicted octanol–water partition coefficient (Wildman–Crippen LogP) is 6.64. The monoisotopic (exact) mass is 626 g/mol. The number of ether oxygens (including phenoxy) is 4. The molecule has 14 heteroatoms. The van der Waals surface area contributed by atoms with Gasteiger partial charge >= 0.3 is 24.2 Å². The maximum Gasteiger partial charge on any atom is 0.426 e. The largest absolute Gasteiger partial charge is 0.491 e. The zero-order chi connectivity index (χ0) is 32.3. The van der Waals surface area contributed by atoms with Crippen molar-refractivity contribution in [1.29, 1.82) is 0 Å². The summed E-state index contributed by atoms with van der Waals surface area (Å²) in [5.41, 5.74) is 11.7. The summed E-state index contributed by atoms with van der Waals surface area (Å²) in [5, 5.41) is 0. The van der Waals surface area contributed by atoms with Gasteiger partial charge in [-0.2, -0.15) is 22.0 Å². The highest BCUT2D eigenvalue weighted by Crippen LogP contribution is 2.34. The fraction of sp³-hybridized carbons (Fsp3) is 0.267. The van der Waals surface area contributed by atoms with E-state index in [1.54, 1.807) is 0 Å². The normalized spacial score (nSPS) is 11.8. The van der Waals surface area contributed by atoms with Gasteiger partial charge in [0, 0.05) is 30.3 Å². The lowest BCUT2D eigenvalue weighted by Crippen LogP contribution is -2.22. The van der Waals surface area contributed by atoms with Crippen molar-refractivity contribution >= 4 is 29.4 Å². The van der Waals surface area contributed by atoms with E-state index in [2.05, 4.69) is 0 Å². The third-order valence-corrected chi connectivity index (χ3v) is 5.65. The van der Waals surface area contributed by atoms with Crippen molar-refractivity contribution in [3.63, 3.8) is 0 Å². The number of halogens is 6. The standard InChI is InChI=1S/C30H28F6N2O6/c31-25-17-21(6-9-26(25)41-12-1-11-29(32,33)34)30(35,36)44-24-7-3-19(4-8-24)5-10-27(39)42-13-2-14-43-28(40)20-15-22(37)18-23(38)16-20/h3-10,15-18H,1-2,11-14,37-38H2/b10-5+. The molecule has 0 aliphatic heterocycles. The van der Waals surface area contributed by atoms with E-state index in [0.29, 0.717) is 23.0 Å². The van der Waals surface area contributed by atoms with Crippen LogP contribution in [0.3, 0.4) is 0 Å². The molecule has 0 aromatic heterocycles. The number of benzene rings is 3. The summed E-state index contributed by atoms with van der Waals surface area (Å²) in [6.07, 6.45) is -7.17. The predicted molar refractivity (Wildman–Crippen MR) is 148 cm³/mol. The Labute approximate surface area is 248 Å². The lowest BCUT2D eigenvalue weighted by atomic mass is 10.2. The van der Waals surface area contributed by atoms with Crippen LogP contribution in [0.1, 0.15) is 40.7 Å². The number of carbonyl (C=O) groups is 2. The van der Waals surface area contributed by atoms with E-state index in [4.69, 9.17) is 30.4 Å². The molecule has 0 spiro atoms. The number of carbonyl (C=O) groups excluding carboxylic acids is 2. The van der Waals surface area contributed by atoms with Gasteiger partial charge in [0.15, 0.2) is 11.6 Å². The zero-order valence-corrected chi connectivity index (χ0v) is 23.0. The van der Waals surface area contributed by atoms with Crippen LogP contribution in [0.25, 0.3) is 6.08 Å². The van der Waals surface area contributed by atoms with Crippen molar-refractivity contribution in [1.82, 2.24) is 0 Å². The first-order valence-corrected chi connectivity index (χ1v) is 13.1. The summed E-state index contributed by atoms with van der Waals surface area (Å²) in [7, 11) is 0. The molecule has 0 amide bonds. The molecule has 0 atom stereocenters. The number of nitrogens with two attached hydrogens (primary N) is 2. The highest BCUT2D eigenvalue weighted by atomic mass is 19.4. The molecule has 0 unspecified atom stereocenters. The van der Waals surface area contributed by atoms with E-state index in [9.17, 15) is 35.9 Å². The lowest BCUT2D eigenvalue weighted by Gasteiger charge is -2.19. The fourth-order valence-corrected chi connectivity index (χ4v) is 3.59. The maximum atomic E-state index is 14.6. The summed E-state index contributed by atoms with van der Waals surface area (Å²) < 4.78 is 99.7. The van der Waals surface area contributed by atoms with E-state index in [0.717, 1.165) is 18.2 Å². The van der Waals surface area contributed by atoms with Crippen LogP contribution in [-0.4, -0.2) is 37.9 Å². The Hall–Kier alpha value is -4.88.